The molecule has 12 nitrogen and oxygen atoms in total. The number of carbonyl (C=O) groups is 2. The first-order valence-corrected chi connectivity index (χ1v) is 15.6. The number of alkyl halides is 1. The third-order valence-electron chi connectivity index (χ3n) is 8.38. The van der Waals surface area contributed by atoms with E-state index in [9.17, 15) is 19.1 Å². The first-order chi connectivity index (χ1) is 22.0. The second-order valence-corrected chi connectivity index (χ2v) is 12.8. The van der Waals surface area contributed by atoms with Gasteiger partial charge in [-0.25, -0.2) is 14.2 Å². The number of benzene rings is 2. The molecule has 13 heteroatoms. The zero-order chi connectivity index (χ0) is 32.7. The number of aliphatic hydroxyl groups excluding tert-OH is 1. The SMILES string of the molecule is COc1cc(C(=O)N2C[C@H](F)C[C@@H](NC(=O)OC(C)(C)C)C2)cc2nc(-c3cc4cccc5c4n3CCN5CCCO)n(OC)c12. The quantitative estimate of drug-likeness (QED) is 0.298. The summed E-state index contributed by atoms with van der Waals surface area (Å²) in [5, 5.41) is 13.2. The summed E-state index contributed by atoms with van der Waals surface area (Å²) in [6.07, 6.45) is -1.19. The van der Waals surface area contributed by atoms with Crippen molar-refractivity contribution in [3.63, 3.8) is 0 Å². The van der Waals surface area contributed by atoms with Crippen molar-refractivity contribution in [1.82, 2.24) is 24.5 Å². The van der Waals surface area contributed by atoms with Gasteiger partial charge in [-0.2, -0.15) is 4.73 Å². The van der Waals surface area contributed by atoms with Gasteiger partial charge < -0.3 is 39.1 Å². The topological polar surface area (TPSA) is 123 Å². The average molecular weight is 637 g/mol. The summed E-state index contributed by atoms with van der Waals surface area (Å²) >= 11 is 0. The highest BCUT2D eigenvalue weighted by atomic mass is 19.1. The zero-order valence-electron chi connectivity index (χ0n) is 26.9. The Morgan fingerprint density at radius 1 is 1.11 bits per heavy atom. The van der Waals surface area contributed by atoms with Gasteiger partial charge in [0, 0.05) is 50.2 Å². The molecule has 2 aliphatic heterocycles. The number of hydrogen-bond acceptors (Lipinski definition) is 8. The first-order valence-electron chi connectivity index (χ1n) is 15.6. The van der Waals surface area contributed by atoms with Crippen molar-refractivity contribution in [1.29, 1.82) is 0 Å². The van der Waals surface area contributed by atoms with E-state index >= 15 is 0 Å². The Bertz CT molecular complexity index is 1780. The molecule has 0 spiro atoms. The van der Waals surface area contributed by atoms with Crippen LogP contribution >= 0.6 is 0 Å². The number of aliphatic hydroxyl groups is 1. The molecular weight excluding hydrogens is 595 g/mol. The number of carbonyl (C=O) groups excluding carboxylic acids is 2. The van der Waals surface area contributed by atoms with Gasteiger partial charge in [0.15, 0.2) is 5.82 Å². The number of methoxy groups -OCH3 is 1. The number of halogens is 1. The zero-order valence-corrected chi connectivity index (χ0v) is 26.9. The number of nitrogens with zero attached hydrogens (tertiary/aromatic N) is 5. The maximum absolute atomic E-state index is 14.9. The van der Waals surface area contributed by atoms with Gasteiger partial charge in [0.2, 0.25) is 0 Å². The lowest BCUT2D eigenvalue weighted by Crippen LogP contribution is -2.54. The monoisotopic (exact) mass is 636 g/mol. The lowest BCUT2D eigenvalue weighted by atomic mass is 10.0. The molecule has 4 heterocycles. The van der Waals surface area contributed by atoms with Crippen LogP contribution in [0.15, 0.2) is 36.4 Å². The number of alkyl carbamates (subject to hydrolysis) is 1. The Morgan fingerprint density at radius 3 is 2.63 bits per heavy atom. The molecule has 2 N–H and O–H groups in total. The maximum atomic E-state index is 14.9. The molecule has 0 bridgehead atoms. The molecule has 2 aromatic heterocycles. The van der Waals surface area contributed by atoms with E-state index in [4.69, 9.17) is 19.3 Å². The first kappa shape index (κ1) is 31.5. The van der Waals surface area contributed by atoms with Crippen LogP contribution in [-0.2, 0) is 11.3 Å². The van der Waals surface area contributed by atoms with Crippen molar-refractivity contribution in [2.75, 3.05) is 51.9 Å². The number of aromatic nitrogens is 3. The molecule has 0 radical (unpaired) electrons. The van der Waals surface area contributed by atoms with E-state index in [2.05, 4.69) is 33.0 Å². The number of rotatable bonds is 8. The van der Waals surface area contributed by atoms with Crippen molar-refractivity contribution in [3.8, 4) is 17.3 Å². The van der Waals surface area contributed by atoms with E-state index < -0.39 is 29.8 Å². The molecule has 2 aliphatic rings. The second-order valence-electron chi connectivity index (χ2n) is 12.8. The molecule has 2 amide bonds. The predicted octanol–water partition coefficient (Wildman–Crippen LogP) is 4.00. The van der Waals surface area contributed by atoms with E-state index in [1.54, 1.807) is 44.7 Å². The number of piperidine rings is 1. The van der Waals surface area contributed by atoms with E-state index in [1.807, 2.05) is 6.07 Å². The van der Waals surface area contributed by atoms with Gasteiger partial charge in [0.05, 0.1) is 42.1 Å². The lowest BCUT2D eigenvalue weighted by Gasteiger charge is -2.35. The summed E-state index contributed by atoms with van der Waals surface area (Å²) in [5.41, 5.74) is 3.65. The summed E-state index contributed by atoms with van der Waals surface area (Å²) in [4.78, 5) is 40.6. The highest BCUT2D eigenvalue weighted by Crippen LogP contribution is 2.39. The predicted molar refractivity (Wildman–Crippen MR) is 172 cm³/mol. The second kappa shape index (κ2) is 12.3. The Kier molecular flexibility index (Phi) is 8.45. The third-order valence-corrected chi connectivity index (χ3v) is 8.38. The Hall–Kier alpha value is -4.52. The van der Waals surface area contributed by atoms with Crippen LogP contribution in [0, 0.1) is 0 Å². The van der Waals surface area contributed by atoms with E-state index in [0.29, 0.717) is 35.6 Å². The Labute approximate surface area is 266 Å². The number of fused-ring (bicyclic) bond motifs is 1. The van der Waals surface area contributed by atoms with Crippen LogP contribution in [0.5, 0.6) is 5.75 Å². The summed E-state index contributed by atoms with van der Waals surface area (Å²) in [7, 11) is 3.06. The summed E-state index contributed by atoms with van der Waals surface area (Å²) < 4.78 is 29.8. The van der Waals surface area contributed by atoms with Crippen LogP contribution in [-0.4, -0.2) is 101 Å². The van der Waals surface area contributed by atoms with Gasteiger partial charge in [0.25, 0.3) is 5.91 Å². The van der Waals surface area contributed by atoms with Crippen LogP contribution in [0.3, 0.4) is 0 Å². The number of hydrogen-bond donors (Lipinski definition) is 2. The van der Waals surface area contributed by atoms with E-state index in [1.165, 1.54) is 12.0 Å². The number of amides is 2. The molecule has 0 aliphatic carbocycles. The summed E-state index contributed by atoms with van der Waals surface area (Å²) in [6.45, 7) is 7.68. The van der Waals surface area contributed by atoms with Crippen molar-refractivity contribution in [2.45, 2.75) is 58.0 Å². The molecule has 246 valence electrons. The summed E-state index contributed by atoms with van der Waals surface area (Å²) in [6, 6.07) is 10.9. The molecular formula is C33H41FN6O6. The molecule has 2 atom stereocenters. The van der Waals surface area contributed by atoms with Crippen LogP contribution in [0.25, 0.3) is 33.5 Å². The minimum atomic E-state index is -1.31. The molecule has 0 unspecified atom stereocenters. The number of nitrogens with one attached hydrogen (secondary N) is 1. The molecule has 46 heavy (non-hydrogen) atoms. The number of para-hydroxylation sites is 1. The molecule has 2 aromatic carbocycles. The minimum Gasteiger partial charge on any atom is -0.494 e. The fraction of sp³-hybridized carbons (Fsp3) is 0.485. The van der Waals surface area contributed by atoms with Crippen molar-refractivity contribution in [3.05, 3.63) is 42.0 Å². The Morgan fingerprint density at radius 2 is 1.91 bits per heavy atom. The number of imidazole rings is 1. The van der Waals surface area contributed by atoms with Gasteiger partial charge >= 0.3 is 6.09 Å². The fourth-order valence-electron chi connectivity index (χ4n) is 6.54. The maximum Gasteiger partial charge on any atom is 0.407 e. The lowest BCUT2D eigenvalue weighted by molar-refractivity contribution is 0.0394. The number of anilines is 1. The number of likely N-dealkylation sites (tertiary alicyclic amines) is 1. The van der Waals surface area contributed by atoms with Crippen LogP contribution in [0.2, 0.25) is 0 Å². The summed E-state index contributed by atoms with van der Waals surface area (Å²) in [5.74, 6) is 0.530. The number of ether oxygens (including phenoxy) is 2. The van der Waals surface area contributed by atoms with Crippen molar-refractivity contribution in [2.24, 2.45) is 0 Å². The average Bonchev–Trinajstić information content (AvgIpc) is 3.57. The van der Waals surface area contributed by atoms with Gasteiger partial charge in [-0.1, -0.05) is 12.1 Å². The molecule has 1 fully saturated rings. The standard InChI is InChI=1S/C33H41FN6O6/c1-33(2,3)46-32(43)35-23-17-22(34)18-38(19-23)31(42)21-14-24-29(27(16-21)44-4)40(45-5)30(36-24)26-15-20-8-6-9-25-28(20)39(26)12-11-37(25)10-7-13-41/h6,8-9,14-16,22-23,41H,7,10-13,17-19H2,1-5H3,(H,35,43)/t22-,23-/m1/s1. The van der Waals surface area contributed by atoms with Gasteiger partial charge in [0.1, 0.15) is 30.1 Å². The van der Waals surface area contributed by atoms with Gasteiger partial charge in [-0.3, -0.25) is 4.79 Å². The third kappa shape index (κ3) is 5.91. The molecule has 4 aromatic rings. The molecule has 6 rings (SSSR count). The highest BCUT2D eigenvalue weighted by Gasteiger charge is 2.34. The Balaban J connectivity index is 1.35. The van der Waals surface area contributed by atoms with Crippen molar-refractivity contribution < 1.29 is 33.4 Å². The van der Waals surface area contributed by atoms with Crippen LogP contribution < -0.4 is 19.8 Å². The minimum absolute atomic E-state index is 0.0852. The largest absolute Gasteiger partial charge is 0.494 e. The van der Waals surface area contributed by atoms with E-state index in [0.717, 1.165) is 35.4 Å². The normalized spacial score (nSPS) is 18.2. The van der Waals surface area contributed by atoms with Crippen LogP contribution in [0.1, 0.15) is 44.0 Å². The van der Waals surface area contributed by atoms with Crippen LogP contribution in [0.4, 0.5) is 14.9 Å². The van der Waals surface area contributed by atoms with Crippen molar-refractivity contribution >= 4 is 39.6 Å². The smallest absolute Gasteiger partial charge is 0.407 e. The highest BCUT2D eigenvalue weighted by molar-refractivity contribution is 6.01. The van der Waals surface area contributed by atoms with Gasteiger partial charge in [-0.15, -0.1) is 0 Å². The van der Waals surface area contributed by atoms with E-state index in [-0.39, 0.29) is 31.7 Å². The fourth-order valence-corrected chi connectivity index (χ4v) is 6.54. The van der Waals surface area contributed by atoms with Gasteiger partial charge in [-0.05, 0) is 51.5 Å². The molecule has 1 saturated heterocycles. The molecule has 0 saturated carbocycles.